The first-order valence-electron chi connectivity index (χ1n) is 12.1. The standard InChI is InChI=1S/C29H26O8/c1-15-4-6-16(7-5-15)28(30)37-27-23(32-2)10-18(11-24(27)33-3)25-20-12-22-21(35-14-36-22)9-17(20)8-19-13-34-29(31)26(19)25/h4-7,9-12,19,25-26H,8,13-14H2,1-3H3/t19-,25+,26-/m0/s1. The first-order valence-corrected chi connectivity index (χ1v) is 12.1. The molecule has 190 valence electrons. The molecule has 1 aliphatic carbocycles. The molecule has 0 aromatic heterocycles. The Bertz CT molecular complexity index is 1370. The van der Waals surface area contributed by atoms with Crippen LogP contribution >= 0.6 is 0 Å². The summed E-state index contributed by atoms with van der Waals surface area (Å²) in [6.45, 7) is 2.48. The van der Waals surface area contributed by atoms with Crippen LogP contribution in [0.4, 0.5) is 0 Å². The van der Waals surface area contributed by atoms with Gasteiger partial charge in [0.1, 0.15) is 0 Å². The zero-order valence-corrected chi connectivity index (χ0v) is 20.7. The van der Waals surface area contributed by atoms with Crippen molar-refractivity contribution < 1.29 is 38.0 Å². The van der Waals surface area contributed by atoms with E-state index in [1.165, 1.54) is 14.2 Å². The van der Waals surface area contributed by atoms with E-state index >= 15 is 0 Å². The number of hydrogen-bond acceptors (Lipinski definition) is 8. The van der Waals surface area contributed by atoms with E-state index in [-0.39, 0.29) is 36.3 Å². The van der Waals surface area contributed by atoms with E-state index in [1.54, 1.807) is 24.3 Å². The number of hydrogen-bond donors (Lipinski definition) is 0. The van der Waals surface area contributed by atoms with Crippen LogP contribution < -0.4 is 23.7 Å². The molecule has 0 unspecified atom stereocenters. The molecule has 0 saturated carbocycles. The summed E-state index contributed by atoms with van der Waals surface area (Å²) in [5.41, 5.74) is 4.29. The molecule has 0 spiro atoms. The van der Waals surface area contributed by atoms with Crippen LogP contribution in [0.1, 0.15) is 38.5 Å². The summed E-state index contributed by atoms with van der Waals surface area (Å²) in [7, 11) is 3.00. The van der Waals surface area contributed by atoms with Crippen molar-refractivity contribution in [2.75, 3.05) is 27.6 Å². The van der Waals surface area contributed by atoms with Crippen molar-refractivity contribution in [2.24, 2.45) is 11.8 Å². The SMILES string of the molecule is COc1cc([C@@H]2c3cc4c(cc3C[C@H]3COC(=O)[C@@H]32)OCO4)cc(OC)c1OC(=O)c1ccc(C)cc1. The van der Waals surface area contributed by atoms with Gasteiger partial charge < -0.3 is 28.4 Å². The molecule has 8 heteroatoms. The van der Waals surface area contributed by atoms with Gasteiger partial charge >= 0.3 is 11.9 Å². The fourth-order valence-electron chi connectivity index (χ4n) is 5.53. The van der Waals surface area contributed by atoms with Crippen LogP contribution in [-0.2, 0) is 16.0 Å². The van der Waals surface area contributed by atoms with Crippen molar-refractivity contribution in [1.82, 2.24) is 0 Å². The predicted octanol–water partition coefficient (Wildman–Crippen LogP) is 4.44. The van der Waals surface area contributed by atoms with E-state index in [4.69, 9.17) is 28.4 Å². The Morgan fingerprint density at radius 1 is 0.919 bits per heavy atom. The molecule has 3 atom stereocenters. The molecule has 2 aliphatic heterocycles. The third-order valence-corrected chi connectivity index (χ3v) is 7.35. The van der Waals surface area contributed by atoms with Gasteiger partial charge in [-0.3, -0.25) is 4.79 Å². The van der Waals surface area contributed by atoms with Crippen molar-refractivity contribution in [1.29, 1.82) is 0 Å². The van der Waals surface area contributed by atoms with Gasteiger partial charge in [0.2, 0.25) is 12.5 Å². The van der Waals surface area contributed by atoms with E-state index < -0.39 is 5.97 Å². The van der Waals surface area contributed by atoms with Gasteiger partial charge in [-0.1, -0.05) is 17.7 Å². The number of methoxy groups -OCH3 is 2. The van der Waals surface area contributed by atoms with E-state index in [1.807, 2.05) is 31.2 Å². The minimum Gasteiger partial charge on any atom is -0.493 e. The number of cyclic esters (lactones) is 1. The van der Waals surface area contributed by atoms with Gasteiger partial charge in [0.15, 0.2) is 23.0 Å². The van der Waals surface area contributed by atoms with Crippen LogP contribution in [0.3, 0.4) is 0 Å². The Morgan fingerprint density at radius 3 is 2.27 bits per heavy atom. The van der Waals surface area contributed by atoms with Crippen molar-refractivity contribution >= 4 is 11.9 Å². The summed E-state index contributed by atoms with van der Waals surface area (Å²) in [6, 6.07) is 14.7. The van der Waals surface area contributed by atoms with Gasteiger partial charge in [0, 0.05) is 11.8 Å². The summed E-state index contributed by atoms with van der Waals surface area (Å²) in [4.78, 5) is 25.8. The lowest BCUT2D eigenvalue weighted by molar-refractivity contribution is -0.141. The molecule has 3 aliphatic rings. The van der Waals surface area contributed by atoms with E-state index in [2.05, 4.69) is 0 Å². The third-order valence-electron chi connectivity index (χ3n) is 7.35. The third kappa shape index (κ3) is 3.93. The summed E-state index contributed by atoms with van der Waals surface area (Å²) >= 11 is 0. The molecule has 6 rings (SSSR count). The van der Waals surface area contributed by atoms with Crippen LogP contribution in [0.2, 0.25) is 0 Å². The Labute approximate surface area is 214 Å². The van der Waals surface area contributed by atoms with Gasteiger partial charge in [-0.15, -0.1) is 0 Å². The number of aryl methyl sites for hydroxylation is 1. The van der Waals surface area contributed by atoms with Crippen molar-refractivity contribution in [3.05, 3.63) is 76.3 Å². The number of fused-ring (bicyclic) bond motifs is 3. The maximum absolute atomic E-state index is 12.9. The predicted molar refractivity (Wildman–Crippen MR) is 132 cm³/mol. The van der Waals surface area contributed by atoms with Gasteiger partial charge in [0.25, 0.3) is 0 Å². The molecular weight excluding hydrogens is 476 g/mol. The van der Waals surface area contributed by atoms with Crippen LogP contribution in [0.25, 0.3) is 0 Å². The lowest BCUT2D eigenvalue weighted by Gasteiger charge is -2.34. The molecule has 0 amide bonds. The minimum absolute atomic E-state index is 0.0291. The van der Waals surface area contributed by atoms with Gasteiger partial charge in [0.05, 0.1) is 32.3 Å². The van der Waals surface area contributed by atoms with Crippen molar-refractivity contribution in [3.63, 3.8) is 0 Å². The molecule has 2 heterocycles. The summed E-state index contributed by atoms with van der Waals surface area (Å²) in [5, 5.41) is 0. The molecule has 3 aromatic carbocycles. The largest absolute Gasteiger partial charge is 0.493 e. The van der Waals surface area contributed by atoms with E-state index in [9.17, 15) is 9.59 Å². The van der Waals surface area contributed by atoms with E-state index in [0.29, 0.717) is 41.6 Å². The second-order valence-electron chi connectivity index (χ2n) is 9.51. The Morgan fingerprint density at radius 2 is 1.59 bits per heavy atom. The fraction of sp³-hybridized carbons (Fsp3) is 0.310. The molecule has 0 bridgehead atoms. The Hall–Kier alpha value is -4.20. The summed E-state index contributed by atoms with van der Waals surface area (Å²) in [6.07, 6.45) is 0.708. The van der Waals surface area contributed by atoms with Crippen LogP contribution in [-0.4, -0.2) is 39.6 Å². The number of carbonyl (C=O) groups excluding carboxylic acids is 2. The number of ether oxygens (including phenoxy) is 6. The second-order valence-corrected chi connectivity index (χ2v) is 9.51. The minimum atomic E-state index is -0.528. The molecule has 0 radical (unpaired) electrons. The van der Waals surface area contributed by atoms with Crippen LogP contribution in [0.5, 0.6) is 28.7 Å². The highest BCUT2D eigenvalue weighted by Crippen LogP contribution is 2.52. The van der Waals surface area contributed by atoms with E-state index in [0.717, 1.165) is 22.3 Å². The topological polar surface area (TPSA) is 89.5 Å². The average Bonchev–Trinajstić information content (AvgIpc) is 3.52. The number of carbonyl (C=O) groups is 2. The first kappa shape index (κ1) is 23.2. The first-order chi connectivity index (χ1) is 18.0. The molecule has 3 aromatic rings. The highest BCUT2D eigenvalue weighted by Gasteiger charge is 2.48. The normalized spacial score (nSPS) is 21.1. The molecule has 8 nitrogen and oxygen atoms in total. The zero-order valence-electron chi connectivity index (χ0n) is 20.7. The Kier molecular flexibility index (Phi) is 5.67. The highest BCUT2D eigenvalue weighted by molar-refractivity contribution is 5.92. The molecule has 0 N–H and O–H groups in total. The number of rotatable bonds is 5. The number of esters is 2. The fourth-order valence-corrected chi connectivity index (χ4v) is 5.53. The smallest absolute Gasteiger partial charge is 0.343 e. The molecule has 1 saturated heterocycles. The molecular formula is C29H26O8. The maximum atomic E-state index is 12.9. The quantitative estimate of drug-likeness (QED) is 0.374. The highest BCUT2D eigenvalue weighted by atomic mass is 16.7. The second kappa shape index (κ2) is 9.03. The number of benzene rings is 3. The lowest BCUT2D eigenvalue weighted by Crippen LogP contribution is -2.31. The van der Waals surface area contributed by atoms with Crippen LogP contribution in [0, 0.1) is 18.8 Å². The zero-order chi connectivity index (χ0) is 25.7. The molecule has 37 heavy (non-hydrogen) atoms. The average molecular weight is 503 g/mol. The maximum Gasteiger partial charge on any atom is 0.343 e. The van der Waals surface area contributed by atoms with Crippen molar-refractivity contribution in [2.45, 2.75) is 19.3 Å². The molecule has 1 fully saturated rings. The lowest BCUT2D eigenvalue weighted by atomic mass is 9.67. The summed E-state index contributed by atoms with van der Waals surface area (Å²) in [5.74, 6) is 0.742. The monoisotopic (exact) mass is 502 g/mol. The van der Waals surface area contributed by atoms with Gasteiger partial charge in [-0.2, -0.15) is 0 Å². The van der Waals surface area contributed by atoms with Crippen LogP contribution in [0.15, 0.2) is 48.5 Å². The van der Waals surface area contributed by atoms with Crippen molar-refractivity contribution in [3.8, 4) is 28.7 Å². The van der Waals surface area contributed by atoms with Gasteiger partial charge in [-0.25, -0.2) is 4.79 Å². The Balaban J connectivity index is 1.44. The van der Waals surface area contributed by atoms with Gasteiger partial charge in [-0.05, 0) is 66.4 Å². The summed E-state index contributed by atoms with van der Waals surface area (Å²) < 4.78 is 33.8.